The molecule has 0 radical (unpaired) electrons. The lowest BCUT2D eigenvalue weighted by Gasteiger charge is -2.47. The number of aromatic nitrogens is 6. The molecule has 2 N–H and O–H groups in total. The zero-order valence-electron chi connectivity index (χ0n) is 16.3. The molecule has 160 valence electrons. The van der Waals surface area contributed by atoms with E-state index in [1.807, 2.05) is 20.0 Å². The number of nitrogens with zero attached hydrogens (tertiary/aromatic N) is 5. The Morgan fingerprint density at radius 2 is 2.17 bits per heavy atom. The van der Waals surface area contributed by atoms with E-state index >= 15 is 0 Å². The van der Waals surface area contributed by atoms with Gasteiger partial charge in [0.15, 0.2) is 5.82 Å². The highest BCUT2D eigenvalue weighted by Gasteiger charge is 2.53. The minimum atomic E-state index is -3.04. The second-order valence-corrected chi connectivity index (χ2v) is 9.69. The van der Waals surface area contributed by atoms with Crippen molar-refractivity contribution in [3.05, 3.63) is 44.4 Å². The van der Waals surface area contributed by atoms with Gasteiger partial charge in [-0.15, -0.1) is 26.6 Å². The summed E-state index contributed by atoms with van der Waals surface area (Å²) in [7, 11) is 0. The van der Waals surface area contributed by atoms with Gasteiger partial charge < -0.3 is 15.0 Å². The Labute approximate surface area is 180 Å². The van der Waals surface area contributed by atoms with Gasteiger partial charge in [0.1, 0.15) is 24.6 Å². The highest BCUT2D eigenvalue weighted by atomic mass is 35.5. The van der Waals surface area contributed by atoms with Crippen LogP contribution in [0.2, 0.25) is 4.34 Å². The van der Waals surface area contributed by atoms with E-state index in [1.54, 1.807) is 4.68 Å². The normalized spacial score (nSPS) is 28.0. The molecule has 0 aliphatic carbocycles. The molecule has 2 aliphatic rings. The molecular weight excluding hydrogens is 436 g/mol. The Balaban J connectivity index is 1.43. The summed E-state index contributed by atoms with van der Waals surface area (Å²) in [5, 5.41) is 20.0. The van der Waals surface area contributed by atoms with E-state index in [0.29, 0.717) is 34.4 Å². The molecule has 1 fully saturated rings. The number of fused-ring (bicyclic) bond motifs is 2. The average molecular weight is 456 g/mol. The van der Waals surface area contributed by atoms with E-state index < -0.39 is 18.1 Å². The molecule has 30 heavy (non-hydrogen) atoms. The van der Waals surface area contributed by atoms with Crippen molar-refractivity contribution in [3.8, 4) is 0 Å². The van der Waals surface area contributed by atoms with Gasteiger partial charge in [-0.25, -0.2) is 4.68 Å². The fourth-order valence-corrected chi connectivity index (χ4v) is 5.82. The number of hydrogen-bond acceptors (Lipinski definition) is 7. The maximum atomic E-state index is 14.4. The molecule has 1 spiro atoms. The molecule has 8 nitrogen and oxygen atoms in total. The summed E-state index contributed by atoms with van der Waals surface area (Å²) in [5.74, 6) is -1.63. The topological polar surface area (TPSA) is 93.5 Å². The van der Waals surface area contributed by atoms with Crippen molar-refractivity contribution in [2.24, 2.45) is 0 Å². The van der Waals surface area contributed by atoms with Crippen molar-refractivity contribution in [2.75, 3.05) is 6.61 Å². The maximum absolute atomic E-state index is 14.4. The third kappa shape index (κ3) is 3.43. The van der Waals surface area contributed by atoms with Crippen LogP contribution in [0.5, 0.6) is 0 Å². The molecule has 3 atom stereocenters. The molecule has 0 bridgehead atoms. The maximum Gasteiger partial charge on any atom is 0.297 e. The van der Waals surface area contributed by atoms with Gasteiger partial charge in [0.2, 0.25) is 0 Å². The lowest BCUT2D eigenvalue weighted by Crippen LogP contribution is -2.51. The first-order chi connectivity index (χ1) is 14.2. The fourth-order valence-electron chi connectivity index (χ4n) is 4.37. The van der Waals surface area contributed by atoms with Crippen LogP contribution in [-0.2, 0) is 22.8 Å². The van der Waals surface area contributed by atoms with Crippen LogP contribution < -0.4 is 5.32 Å². The number of hydrogen-bond donors (Lipinski definition) is 2. The number of aromatic amines is 1. The first-order valence-electron chi connectivity index (χ1n) is 9.60. The fraction of sp³-hybridized carbons (Fsp3) is 0.556. The summed E-state index contributed by atoms with van der Waals surface area (Å²) >= 11 is 7.31. The van der Waals surface area contributed by atoms with Crippen LogP contribution in [0, 0.1) is 6.92 Å². The van der Waals surface area contributed by atoms with Crippen LogP contribution in [0.15, 0.2) is 12.3 Å². The predicted molar refractivity (Wildman–Crippen MR) is 106 cm³/mol. The number of nitrogens with one attached hydrogen (secondary N) is 2. The summed E-state index contributed by atoms with van der Waals surface area (Å²) in [6.07, 6.45) is 2.88. The van der Waals surface area contributed by atoms with Crippen molar-refractivity contribution >= 4 is 22.9 Å². The molecule has 0 saturated carbocycles. The zero-order valence-corrected chi connectivity index (χ0v) is 17.9. The largest absolute Gasteiger partial charge is 0.363 e. The highest BCUT2D eigenvalue weighted by Crippen LogP contribution is 2.54. The van der Waals surface area contributed by atoms with Crippen molar-refractivity contribution in [1.29, 1.82) is 0 Å². The van der Waals surface area contributed by atoms with Crippen molar-refractivity contribution < 1.29 is 13.5 Å². The summed E-state index contributed by atoms with van der Waals surface area (Å²) in [5.41, 5.74) is -0.112. The van der Waals surface area contributed by atoms with E-state index in [1.165, 1.54) is 17.4 Å². The third-order valence-electron chi connectivity index (χ3n) is 5.57. The summed E-state index contributed by atoms with van der Waals surface area (Å²) in [4.78, 5) is 3.58. The van der Waals surface area contributed by atoms with Gasteiger partial charge in [0.05, 0.1) is 22.3 Å². The van der Waals surface area contributed by atoms with Crippen LogP contribution in [0.3, 0.4) is 0 Å². The summed E-state index contributed by atoms with van der Waals surface area (Å²) in [6, 6.07) is 1.22. The van der Waals surface area contributed by atoms with Crippen molar-refractivity contribution in [3.63, 3.8) is 0 Å². The van der Waals surface area contributed by atoms with Crippen molar-refractivity contribution in [1.82, 2.24) is 35.5 Å². The SMILES string of the molecule is Cc1nnc(Cn2cc([C@@H]3C[C@]4(C[C@H](C)N3)OCC(F)(F)c3cc(Cl)sc34)nn2)[nH]1. The van der Waals surface area contributed by atoms with Crippen LogP contribution in [0.4, 0.5) is 8.78 Å². The molecule has 5 heterocycles. The van der Waals surface area contributed by atoms with Crippen LogP contribution in [0.1, 0.15) is 53.6 Å². The minimum absolute atomic E-state index is 0.0130. The molecule has 0 amide bonds. The molecule has 3 aromatic rings. The Kier molecular flexibility index (Phi) is 4.69. The smallest absolute Gasteiger partial charge is 0.297 e. The van der Waals surface area contributed by atoms with Crippen LogP contribution in [-0.4, -0.2) is 42.8 Å². The number of halogens is 3. The van der Waals surface area contributed by atoms with Crippen LogP contribution in [0.25, 0.3) is 0 Å². The molecule has 12 heteroatoms. The lowest BCUT2D eigenvalue weighted by atomic mass is 9.78. The van der Waals surface area contributed by atoms with Gasteiger partial charge in [0.25, 0.3) is 5.92 Å². The zero-order chi connectivity index (χ0) is 21.1. The first-order valence-corrected chi connectivity index (χ1v) is 10.8. The van der Waals surface area contributed by atoms with Gasteiger partial charge in [-0.3, -0.25) is 0 Å². The molecule has 0 unspecified atom stereocenters. The third-order valence-corrected chi connectivity index (χ3v) is 7.02. The Morgan fingerprint density at radius 1 is 1.33 bits per heavy atom. The molecular formula is C18H20ClF2N7OS. The van der Waals surface area contributed by atoms with E-state index in [2.05, 4.69) is 30.8 Å². The predicted octanol–water partition coefficient (Wildman–Crippen LogP) is 3.30. The number of rotatable bonds is 3. The van der Waals surface area contributed by atoms with Gasteiger partial charge in [-0.2, -0.15) is 8.78 Å². The van der Waals surface area contributed by atoms with Crippen molar-refractivity contribution in [2.45, 2.75) is 56.8 Å². The Bertz CT molecular complexity index is 1080. The number of H-pyrrole nitrogens is 1. The molecule has 5 rings (SSSR count). The quantitative estimate of drug-likeness (QED) is 0.629. The summed E-state index contributed by atoms with van der Waals surface area (Å²) in [6.45, 7) is 3.61. The Morgan fingerprint density at radius 3 is 2.93 bits per heavy atom. The molecule has 2 aliphatic heterocycles. The monoisotopic (exact) mass is 455 g/mol. The standard InChI is InChI=1S/C18H20ClF2N7OS/c1-9-4-17(16-11(3-14(19)30-16)18(20,21)8-29-17)5-12(22-9)13-6-28(27-25-13)7-15-23-10(2)24-26-15/h3,6,9,12,22H,4-5,7-8H2,1-2H3,(H,23,24,26)/t9-,12-,17-/m0/s1. The second kappa shape index (κ2) is 7.04. The van der Waals surface area contributed by atoms with E-state index in [-0.39, 0.29) is 17.6 Å². The minimum Gasteiger partial charge on any atom is -0.363 e. The number of alkyl halides is 2. The summed E-state index contributed by atoms with van der Waals surface area (Å²) < 4.78 is 36.8. The molecule has 3 aromatic heterocycles. The highest BCUT2D eigenvalue weighted by molar-refractivity contribution is 7.16. The average Bonchev–Trinajstić information content (AvgIpc) is 3.40. The number of aryl methyl sites for hydroxylation is 1. The van der Waals surface area contributed by atoms with E-state index in [9.17, 15) is 8.78 Å². The van der Waals surface area contributed by atoms with Gasteiger partial charge in [0, 0.05) is 22.9 Å². The molecule has 1 saturated heterocycles. The van der Waals surface area contributed by atoms with Crippen LogP contribution >= 0.6 is 22.9 Å². The van der Waals surface area contributed by atoms with Gasteiger partial charge in [-0.05, 0) is 26.3 Å². The number of ether oxygens (including phenoxy) is 1. The van der Waals surface area contributed by atoms with E-state index in [0.717, 1.165) is 11.5 Å². The molecule has 0 aromatic carbocycles. The Hall–Kier alpha value is -1.95. The second-order valence-electron chi connectivity index (χ2n) is 8.01. The first kappa shape index (κ1) is 20.0. The number of thiophene rings is 1. The van der Waals surface area contributed by atoms with Gasteiger partial charge >= 0.3 is 0 Å². The number of piperidine rings is 1. The lowest BCUT2D eigenvalue weighted by molar-refractivity contribution is -0.183. The van der Waals surface area contributed by atoms with E-state index in [4.69, 9.17) is 16.3 Å². The van der Waals surface area contributed by atoms with Gasteiger partial charge in [-0.1, -0.05) is 16.8 Å².